The van der Waals surface area contributed by atoms with Crippen molar-refractivity contribution in [2.75, 3.05) is 31.5 Å². The molecule has 1 aliphatic heterocycles. The van der Waals surface area contributed by atoms with Crippen LogP contribution in [0.2, 0.25) is 0 Å². The molecule has 1 N–H and O–H groups in total. The Morgan fingerprint density at radius 2 is 2.22 bits per heavy atom. The molecule has 23 heavy (non-hydrogen) atoms. The number of rotatable bonds is 7. The Kier molecular flexibility index (Phi) is 4.77. The highest BCUT2D eigenvalue weighted by Crippen LogP contribution is 2.36. The van der Waals surface area contributed by atoms with E-state index in [-0.39, 0.29) is 20.0 Å². The second-order valence-corrected chi connectivity index (χ2v) is 4.95. The molecule has 0 aliphatic carbocycles. The van der Waals surface area contributed by atoms with E-state index in [9.17, 15) is 0 Å². The Morgan fingerprint density at radius 1 is 1.30 bits per heavy atom. The van der Waals surface area contributed by atoms with Crippen LogP contribution < -0.4 is 19.1 Å². The first kappa shape index (κ1) is 15.4. The average Bonchev–Trinajstić information content (AvgIpc) is 3.07. The molecule has 0 saturated carbocycles. The van der Waals surface area contributed by atoms with Crippen LogP contribution in [0.3, 0.4) is 0 Å². The SMILES string of the molecule is CCN(Cc1cccc2c1OCO2)c1cc(OCCO)ncn1. The van der Waals surface area contributed by atoms with E-state index in [1.807, 2.05) is 18.2 Å². The van der Waals surface area contributed by atoms with Gasteiger partial charge < -0.3 is 24.2 Å². The Morgan fingerprint density at radius 3 is 3.04 bits per heavy atom. The van der Waals surface area contributed by atoms with Crippen LogP contribution in [0, 0.1) is 0 Å². The zero-order chi connectivity index (χ0) is 16.1. The average molecular weight is 317 g/mol. The monoisotopic (exact) mass is 317 g/mol. The minimum absolute atomic E-state index is 0.0513. The number of hydrogen-bond donors (Lipinski definition) is 1. The van der Waals surface area contributed by atoms with Gasteiger partial charge >= 0.3 is 0 Å². The van der Waals surface area contributed by atoms with E-state index in [4.69, 9.17) is 19.3 Å². The van der Waals surface area contributed by atoms with Crippen LogP contribution in [0.1, 0.15) is 12.5 Å². The lowest BCUT2D eigenvalue weighted by Gasteiger charge is -2.22. The fourth-order valence-electron chi connectivity index (χ4n) is 2.41. The number of para-hydroxylation sites is 1. The van der Waals surface area contributed by atoms with Crippen LogP contribution >= 0.6 is 0 Å². The minimum atomic E-state index is -0.0513. The number of benzene rings is 1. The molecule has 1 aliphatic rings. The topological polar surface area (TPSA) is 76.9 Å². The molecule has 2 aromatic rings. The van der Waals surface area contributed by atoms with Crippen LogP contribution in [-0.4, -0.2) is 41.6 Å². The Labute approximate surface area is 134 Å². The molecule has 0 atom stereocenters. The third-order valence-electron chi connectivity index (χ3n) is 3.51. The van der Waals surface area contributed by atoms with E-state index < -0.39 is 0 Å². The van der Waals surface area contributed by atoms with Gasteiger partial charge in [-0.2, -0.15) is 0 Å². The number of aliphatic hydroxyl groups excluding tert-OH is 1. The zero-order valence-corrected chi connectivity index (χ0v) is 12.9. The Balaban J connectivity index is 1.79. The third kappa shape index (κ3) is 3.45. The van der Waals surface area contributed by atoms with Crippen LogP contribution in [0.4, 0.5) is 5.82 Å². The van der Waals surface area contributed by atoms with Crippen molar-refractivity contribution >= 4 is 5.82 Å². The highest BCUT2D eigenvalue weighted by molar-refractivity contribution is 5.51. The maximum absolute atomic E-state index is 8.83. The van der Waals surface area contributed by atoms with Gasteiger partial charge in [0.2, 0.25) is 12.7 Å². The lowest BCUT2D eigenvalue weighted by molar-refractivity contribution is 0.173. The fourth-order valence-corrected chi connectivity index (χ4v) is 2.41. The van der Waals surface area contributed by atoms with Gasteiger partial charge in [-0.15, -0.1) is 0 Å². The maximum Gasteiger partial charge on any atom is 0.231 e. The van der Waals surface area contributed by atoms with E-state index in [0.29, 0.717) is 12.4 Å². The number of fused-ring (bicyclic) bond motifs is 1. The van der Waals surface area contributed by atoms with Gasteiger partial charge in [0.1, 0.15) is 18.8 Å². The lowest BCUT2D eigenvalue weighted by atomic mass is 10.1. The predicted molar refractivity (Wildman–Crippen MR) is 83.9 cm³/mol. The summed E-state index contributed by atoms with van der Waals surface area (Å²) in [5, 5.41) is 8.83. The molecular formula is C16H19N3O4. The summed E-state index contributed by atoms with van der Waals surface area (Å²) in [5.74, 6) is 2.76. The largest absolute Gasteiger partial charge is 0.475 e. The van der Waals surface area contributed by atoms with E-state index in [1.54, 1.807) is 6.07 Å². The number of ether oxygens (including phenoxy) is 3. The van der Waals surface area contributed by atoms with Crippen LogP contribution in [0.5, 0.6) is 17.4 Å². The van der Waals surface area contributed by atoms with Gasteiger partial charge in [0.25, 0.3) is 0 Å². The number of anilines is 1. The summed E-state index contributed by atoms with van der Waals surface area (Å²) in [5.41, 5.74) is 1.04. The summed E-state index contributed by atoms with van der Waals surface area (Å²) in [7, 11) is 0. The van der Waals surface area contributed by atoms with Crippen molar-refractivity contribution in [1.82, 2.24) is 9.97 Å². The molecule has 0 fully saturated rings. The molecule has 7 heteroatoms. The molecular weight excluding hydrogens is 298 g/mol. The van der Waals surface area contributed by atoms with Gasteiger partial charge in [-0.05, 0) is 13.0 Å². The van der Waals surface area contributed by atoms with Gasteiger partial charge in [-0.25, -0.2) is 9.97 Å². The quantitative estimate of drug-likeness (QED) is 0.831. The van der Waals surface area contributed by atoms with Crippen molar-refractivity contribution in [1.29, 1.82) is 0 Å². The van der Waals surface area contributed by atoms with Gasteiger partial charge in [0, 0.05) is 24.7 Å². The first-order valence-corrected chi connectivity index (χ1v) is 7.50. The van der Waals surface area contributed by atoms with Crippen LogP contribution in [0.15, 0.2) is 30.6 Å². The van der Waals surface area contributed by atoms with Crippen molar-refractivity contribution in [2.45, 2.75) is 13.5 Å². The van der Waals surface area contributed by atoms with Crippen molar-refractivity contribution in [2.24, 2.45) is 0 Å². The summed E-state index contributed by atoms with van der Waals surface area (Å²) < 4.78 is 16.3. The van der Waals surface area contributed by atoms with Gasteiger partial charge in [0.05, 0.1) is 6.61 Å². The highest BCUT2D eigenvalue weighted by Gasteiger charge is 2.19. The van der Waals surface area contributed by atoms with Gasteiger partial charge in [0.15, 0.2) is 11.5 Å². The molecule has 7 nitrogen and oxygen atoms in total. The highest BCUT2D eigenvalue weighted by atomic mass is 16.7. The Hall–Kier alpha value is -2.54. The molecule has 1 aromatic carbocycles. The molecule has 1 aromatic heterocycles. The third-order valence-corrected chi connectivity index (χ3v) is 3.51. The van der Waals surface area contributed by atoms with E-state index in [0.717, 1.165) is 29.4 Å². The second-order valence-electron chi connectivity index (χ2n) is 4.95. The Bertz CT molecular complexity index is 666. The van der Waals surface area contributed by atoms with E-state index in [2.05, 4.69) is 21.8 Å². The first-order valence-electron chi connectivity index (χ1n) is 7.50. The van der Waals surface area contributed by atoms with Crippen molar-refractivity contribution in [3.63, 3.8) is 0 Å². The normalized spacial score (nSPS) is 12.3. The van der Waals surface area contributed by atoms with E-state index >= 15 is 0 Å². The molecule has 0 unspecified atom stereocenters. The molecule has 0 bridgehead atoms. The van der Waals surface area contributed by atoms with Crippen molar-refractivity contribution in [3.05, 3.63) is 36.2 Å². The molecule has 2 heterocycles. The second kappa shape index (κ2) is 7.15. The summed E-state index contributed by atoms with van der Waals surface area (Å²) in [6.07, 6.45) is 1.46. The first-order chi connectivity index (χ1) is 11.3. The summed E-state index contributed by atoms with van der Waals surface area (Å²) in [6, 6.07) is 7.63. The maximum atomic E-state index is 8.83. The van der Waals surface area contributed by atoms with E-state index in [1.165, 1.54) is 6.33 Å². The number of aliphatic hydroxyl groups is 1. The molecule has 0 radical (unpaired) electrons. The van der Waals surface area contributed by atoms with Crippen molar-refractivity contribution < 1.29 is 19.3 Å². The molecule has 0 saturated heterocycles. The molecule has 122 valence electrons. The number of hydrogen-bond acceptors (Lipinski definition) is 7. The summed E-state index contributed by atoms with van der Waals surface area (Å²) in [6.45, 7) is 3.87. The molecule has 3 rings (SSSR count). The number of nitrogens with zero attached hydrogens (tertiary/aromatic N) is 3. The van der Waals surface area contributed by atoms with Gasteiger partial charge in [-0.1, -0.05) is 12.1 Å². The van der Waals surface area contributed by atoms with Crippen LogP contribution in [-0.2, 0) is 6.54 Å². The summed E-state index contributed by atoms with van der Waals surface area (Å²) >= 11 is 0. The smallest absolute Gasteiger partial charge is 0.231 e. The predicted octanol–water partition coefficient (Wildman–Crippen LogP) is 1.60. The minimum Gasteiger partial charge on any atom is -0.475 e. The number of aromatic nitrogens is 2. The van der Waals surface area contributed by atoms with Crippen LogP contribution in [0.25, 0.3) is 0 Å². The molecule has 0 spiro atoms. The zero-order valence-electron chi connectivity index (χ0n) is 12.9. The summed E-state index contributed by atoms with van der Waals surface area (Å²) in [4.78, 5) is 10.4. The van der Waals surface area contributed by atoms with Crippen molar-refractivity contribution in [3.8, 4) is 17.4 Å². The standard InChI is InChI=1S/C16H19N3O4/c1-2-19(14-8-15(18-10-17-14)21-7-6-20)9-12-4-3-5-13-16(12)23-11-22-13/h3-5,8,10,20H,2,6-7,9,11H2,1H3. The fraction of sp³-hybridized carbons (Fsp3) is 0.375. The van der Waals surface area contributed by atoms with Gasteiger partial charge in [-0.3, -0.25) is 0 Å². The molecule has 0 amide bonds. The lowest BCUT2D eigenvalue weighted by Crippen LogP contribution is -2.23.